The molecule has 0 fully saturated rings. The molecule has 0 saturated heterocycles. The summed E-state index contributed by atoms with van der Waals surface area (Å²) in [5.74, 6) is 5.21. The molecule has 96 valence electrons. The third-order valence-electron chi connectivity index (χ3n) is 2.31. The first kappa shape index (κ1) is 12.8. The molecule has 19 heavy (non-hydrogen) atoms. The van der Waals surface area contributed by atoms with Crippen LogP contribution in [-0.4, -0.2) is 27.2 Å². The molecule has 6 nitrogen and oxygen atoms in total. The topological polar surface area (TPSA) is 85.8 Å². The molecule has 1 amide bonds. The number of aromatic nitrogens is 3. The second kappa shape index (κ2) is 5.80. The van der Waals surface area contributed by atoms with E-state index in [0.717, 1.165) is 0 Å². The first-order chi connectivity index (χ1) is 9.20. The zero-order valence-electron chi connectivity index (χ0n) is 10.4. The van der Waals surface area contributed by atoms with Crippen molar-refractivity contribution in [3.63, 3.8) is 0 Å². The van der Waals surface area contributed by atoms with Gasteiger partial charge in [-0.2, -0.15) is 5.10 Å². The Kier molecular flexibility index (Phi) is 3.90. The number of rotatable bonds is 2. The van der Waals surface area contributed by atoms with E-state index in [-0.39, 0.29) is 18.1 Å². The van der Waals surface area contributed by atoms with Crippen LogP contribution in [0.1, 0.15) is 16.1 Å². The summed E-state index contributed by atoms with van der Waals surface area (Å²) >= 11 is 0. The van der Waals surface area contributed by atoms with Gasteiger partial charge in [0.25, 0.3) is 5.91 Å². The molecule has 2 rings (SSSR count). The quantitative estimate of drug-likeness (QED) is 0.759. The van der Waals surface area contributed by atoms with Crippen LogP contribution < -0.4 is 11.1 Å². The van der Waals surface area contributed by atoms with Gasteiger partial charge < -0.3 is 11.1 Å². The van der Waals surface area contributed by atoms with Crippen molar-refractivity contribution in [3.8, 4) is 11.8 Å². The molecule has 2 aromatic rings. The van der Waals surface area contributed by atoms with Crippen molar-refractivity contribution in [2.75, 3.05) is 11.9 Å². The van der Waals surface area contributed by atoms with Gasteiger partial charge in [0.1, 0.15) is 5.69 Å². The van der Waals surface area contributed by atoms with Gasteiger partial charge in [0.15, 0.2) is 0 Å². The average Bonchev–Trinajstić information content (AvgIpc) is 2.82. The Hall–Kier alpha value is -2.65. The number of nitrogens with zero attached hydrogens (tertiary/aromatic N) is 3. The molecule has 0 aliphatic rings. The highest BCUT2D eigenvalue weighted by atomic mass is 16.1. The van der Waals surface area contributed by atoms with Crippen LogP contribution in [0.25, 0.3) is 0 Å². The number of carbonyl (C=O) groups is 1. The fraction of sp³-hybridized carbons (Fsp3) is 0.154. The van der Waals surface area contributed by atoms with Gasteiger partial charge in [-0.3, -0.25) is 9.48 Å². The van der Waals surface area contributed by atoms with Crippen molar-refractivity contribution < 1.29 is 4.79 Å². The molecule has 2 aromatic heterocycles. The highest BCUT2D eigenvalue weighted by molar-refractivity contribution is 6.04. The predicted molar refractivity (Wildman–Crippen MR) is 71.3 cm³/mol. The number of anilines is 1. The van der Waals surface area contributed by atoms with Crippen LogP contribution >= 0.6 is 0 Å². The van der Waals surface area contributed by atoms with Gasteiger partial charge in [-0.25, -0.2) is 4.98 Å². The molecule has 3 N–H and O–H groups in total. The maximum Gasteiger partial charge on any atom is 0.275 e. The van der Waals surface area contributed by atoms with E-state index in [1.54, 1.807) is 42.5 Å². The van der Waals surface area contributed by atoms with E-state index in [1.807, 2.05) is 0 Å². The minimum atomic E-state index is -0.324. The van der Waals surface area contributed by atoms with Gasteiger partial charge >= 0.3 is 0 Å². The van der Waals surface area contributed by atoms with Crippen LogP contribution in [0.15, 0.2) is 30.7 Å². The molecule has 0 spiro atoms. The summed E-state index contributed by atoms with van der Waals surface area (Å²) in [6.45, 7) is 0.235. The minimum absolute atomic E-state index is 0.235. The summed E-state index contributed by atoms with van der Waals surface area (Å²) in [5, 5.41) is 6.68. The number of carbonyl (C=O) groups excluding carboxylic acids is 1. The summed E-state index contributed by atoms with van der Waals surface area (Å²) in [6.07, 6.45) is 4.81. The molecule has 0 aliphatic heterocycles. The molecular weight excluding hydrogens is 242 g/mol. The molecule has 0 bridgehead atoms. The van der Waals surface area contributed by atoms with Crippen molar-refractivity contribution in [1.82, 2.24) is 14.8 Å². The second-order valence-electron chi connectivity index (χ2n) is 3.76. The summed E-state index contributed by atoms with van der Waals surface area (Å²) in [7, 11) is 1.77. The van der Waals surface area contributed by atoms with Gasteiger partial charge in [0.2, 0.25) is 0 Å². The van der Waals surface area contributed by atoms with Crippen molar-refractivity contribution in [1.29, 1.82) is 0 Å². The lowest BCUT2D eigenvalue weighted by molar-refractivity contribution is 0.102. The number of aryl methyl sites for hydroxylation is 1. The van der Waals surface area contributed by atoms with Crippen LogP contribution in [0, 0.1) is 11.8 Å². The third-order valence-corrected chi connectivity index (χ3v) is 2.31. The van der Waals surface area contributed by atoms with Crippen LogP contribution in [0.3, 0.4) is 0 Å². The number of pyridine rings is 1. The highest BCUT2D eigenvalue weighted by Crippen LogP contribution is 2.09. The lowest BCUT2D eigenvalue weighted by atomic mass is 10.2. The van der Waals surface area contributed by atoms with Gasteiger partial charge in [0.05, 0.1) is 24.0 Å². The Morgan fingerprint density at radius 3 is 3.11 bits per heavy atom. The largest absolute Gasteiger partial charge is 0.320 e. The minimum Gasteiger partial charge on any atom is -0.320 e. The molecule has 6 heteroatoms. The molecule has 2 heterocycles. The fourth-order valence-electron chi connectivity index (χ4n) is 1.51. The lowest BCUT2D eigenvalue weighted by Crippen LogP contribution is -2.15. The molecule has 0 unspecified atom stereocenters. The van der Waals surface area contributed by atoms with Gasteiger partial charge in [0, 0.05) is 19.4 Å². The second-order valence-corrected chi connectivity index (χ2v) is 3.76. The van der Waals surface area contributed by atoms with Crippen molar-refractivity contribution in [2.45, 2.75) is 0 Å². The van der Waals surface area contributed by atoms with E-state index in [4.69, 9.17) is 5.73 Å². The Labute approximate surface area is 110 Å². The summed E-state index contributed by atoms with van der Waals surface area (Å²) < 4.78 is 1.60. The van der Waals surface area contributed by atoms with Crippen molar-refractivity contribution in [3.05, 3.63) is 42.0 Å². The first-order valence-corrected chi connectivity index (χ1v) is 5.64. The van der Waals surface area contributed by atoms with E-state index in [1.165, 1.54) is 0 Å². The maximum absolute atomic E-state index is 12.1. The van der Waals surface area contributed by atoms with E-state index in [9.17, 15) is 4.79 Å². The Morgan fingerprint density at radius 1 is 1.58 bits per heavy atom. The SMILES string of the molecule is Cn1cc(NC(=O)c2ncccc2C#CCN)cn1. The first-order valence-electron chi connectivity index (χ1n) is 5.64. The van der Waals surface area contributed by atoms with Gasteiger partial charge in [-0.1, -0.05) is 11.8 Å². The third kappa shape index (κ3) is 3.18. The van der Waals surface area contributed by atoms with E-state index in [2.05, 4.69) is 27.2 Å². The van der Waals surface area contributed by atoms with Gasteiger partial charge in [-0.05, 0) is 12.1 Å². The number of hydrogen-bond donors (Lipinski definition) is 2. The van der Waals surface area contributed by atoms with Crippen LogP contribution in [0.4, 0.5) is 5.69 Å². The summed E-state index contributed by atoms with van der Waals surface area (Å²) in [4.78, 5) is 16.1. The zero-order valence-corrected chi connectivity index (χ0v) is 10.4. The Morgan fingerprint density at radius 2 is 2.42 bits per heavy atom. The number of hydrogen-bond acceptors (Lipinski definition) is 4. The highest BCUT2D eigenvalue weighted by Gasteiger charge is 2.12. The van der Waals surface area contributed by atoms with Crippen molar-refractivity contribution >= 4 is 11.6 Å². The Bertz CT molecular complexity index is 650. The smallest absolute Gasteiger partial charge is 0.275 e. The van der Waals surface area contributed by atoms with E-state index < -0.39 is 0 Å². The van der Waals surface area contributed by atoms with E-state index in [0.29, 0.717) is 11.3 Å². The maximum atomic E-state index is 12.1. The van der Waals surface area contributed by atoms with Gasteiger partial charge in [-0.15, -0.1) is 0 Å². The molecular formula is C13H13N5O. The standard InChI is InChI=1S/C13H13N5O/c1-18-9-11(8-16-18)17-13(19)12-10(4-2-6-14)5-3-7-15-12/h3,5,7-9H,6,14H2,1H3,(H,17,19). The van der Waals surface area contributed by atoms with Crippen LogP contribution in [-0.2, 0) is 7.05 Å². The number of nitrogens with two attached hydrogens (primary N) is 1. The predicted octanol–water partition coefficient (Wildman–Crippen LogP) is 0.378. The normalized spacial score (nSPS) is 9.58. The molecule has 0 saturated carbocycles. The van der Waals surface area contributed by atoms with E-state index >= 15 is 0 Å². The molecule has 0 aromatic carbocycles. The zero-order chi connectivity index (χ0) is 13.7. The molecule has 0 atom stereocenters. The lowest BCUT2D eigenvalue weighted by Gasteiger charge is -2.03. The fourth-order valence-corrected chi connectivity index (χ4v) is 1.51. The summed E-state index contributed by atoms with van der Waals surface area (Å²) in [5.41, 5.74) is 6.75. The van der Waals surface area contributed by atoms with Crippen LogP contribution in [0.2, 0.25) is 0 Å². The number of nitrogens with one attached hydrogen (secondary N) is 1. The average molecular weight is 255 g/mol. The molecule has 0 radical (unpaired) electrons. The number of amides is 1. The Balaban J connectivity index is 2.23. The molecule has 0 aliphatic carbocycles. The van der Waals surface area contributed by atoms with Crippen LogP contribution in [0.5, 0.6) is 0 Å². The monoisotopic (exact) mass is 255 g/mol. The summed E-state index contributed by atoms with van der Waals surface area (Å²) in [6, 6.07) is 3.45. The van der Waals surface area contributed by atoms with Crippen molar-refractivity contribution in [2.24, 2.45) is 12.8 Å².